The number of carboxylic acids is 1. The van der Waals surface area contributed by atoms with E-state index in [1.165, 1.54) is 17.3 Å². The van der Waals surface area contributed by atoms with Crippen molar-refractivity contribution in [3.63, 3.8) is 0 Å². The number of fused-ring (bicyclic) bond motifs is 3. The number of amides is 2. The highest BCUT2D eigenvalue weighted by Crippen LogP contribution is 2.44. The van der Waals surface area contributed by atoms with Gasteiger partial charge in [0.25, 0.3) is 5.91 Å². The van der Waals surface area contributed by atoms with Crippen LogP contribution in [0.3, 0.4) is 0 Å². The summed E-state index contributed by atoms with van der Waals surface area (Å²) in [7, 11) is 0. The number of alkyl carbamates (subject to hydrolysis) is 1. The van der Waals surface area contributed by atoms with Gasteiger partial charge in [-0.2, -0.15) is 0 Å². The summed E-state index contributed by atoms with van der Waals surface area (Å²) in [4.78, 5) is 45.9. The average Bonchev–Trinajstić information content (AvgIpc) is 3.50. The number of benzene rings is 2. The van der Waals surface area contributed by atoms with Crippen LogP contribution >= 0.6 is 0 Å². The van der Waals surface area contributed by atoms with E-state index in [0.29, 0.717) is 25.2 Å². The lowest BCUT2D eigenvalue weighted by Crippen LogP contribution is -2.40. The molecule has 1 atom stereocenters. The smallest absolute Gasteiger partial charge is 0.407 e. The molecule has 0 bridgehead atoms. The molecule has 9 nitrogen and oxygen atoms in total. The second kappa shape index (κ2) is 9.54. The van der Waals surface area contributed by atoms with Gasteiger partial charge in [0.1, 0.15) is 18.5 Å². The van der Waals surface area contributed by atoms with E-state index in [0.717, 1.165) is 22.3 Å². The maximum atomic E-state index is 12.6. The number of likely N-dealkylation sites (tertiary alicyclic amines) is 1. The Morgan fingerprint density at radius 3 is 2.26 bits per heavy atom. The first-order valence-electron chi connectivity index (χ1n) is 11.5. The molecule has 1 saturated heterocycles. The molecule has 178 valence electrons. The molecule has 1 aliphatic carbocycles. The van der Waals surface area contributed by atoms with Crippen molar-refractivity contribution in [3.05, 3.63) is 83.4 Å². The number of ether oxygens (including phenoxy) is 1. The van der Waals surface area contributed by atoms with Crippen LogP contribution < -0.4 is 5.32 Å². The maximum Gasteiger partial charge on any atom is 0.407 e. The lowest BCUT2D eigenvalue weighted by atomic mass is 9.98. The second-order valence-electron chi connectivity index (χ2n) is 8.56. The Labute approximate surface area is 201 Å². The molecule has 0 saturated carbocycles. The Morgan fingerprint density at radius 1 is 1.00 bits per heavy atom. The van der Waals surface area contributed by atoms with Crippen molar-refractivity contribution >= 4 is 18.0 Å². The molecular formula is C26H24N4O5. The number of nitrogens with one attached hydrogen (secondary N) is 1. The zero-order valence-electron chi connectivity index (χ0n) is 18.9. The van der Waals surface area contributed by atoms with Crippen molar-refractivity contribution in [3.8, 4) is 11.1 Å². The van der Waals surface area contributed by atoms with Gasteiger partial charge in [0.05, 0.1) is 12.1 Å². The van der Waals surface area contributed by atoms with E-state index in [-0.39, 0.29) is 24.6 Å². The predicted molar refractivity (Wildman–Crippen MR) is 126 cm³/mol. The van der Waals surface area contributed by atoms with Gasteiger partial charge in [-0.05, 0) is 35.1 Å². The summed E-state index contributed by atoms with van der Waals surface area (Å²) in [5.74, 6) is -1.15. The van der Waals surface area contributed by atoms with Crippen molar-refractivity contribution in [1.82, 2.24) is 20.2 Å². The molecule has 2 N–H and O–H groups in total. The number of carbonyl (C=O) groups is 3. The van der Waals surface area contributed by atoms with Crippen LogP contribution in [-0.2, 0) is 16.1 Å². The fourth-order valence-electron chi connectivity index (χ4n) is 4.79. The molecule has 2 amide bonds. The van der Waals surface area contributed by atoms with Crippen LogP contribution in [0.15, 0.2) is 60.9 Å². The monoisotopic (exact) mass is 472 g/mol. The number of nitrogens with zero attached hydrogens (tertiary/aromatic N) is 3. The topological polar surface area (TPSA) is 122 Å². The largest absolute Gasteiger partial charge is 0.480 e. The molecule has 2 aliphatic rings. The van der Waals surface area contributed by atoms with E-state index < -0.39 is 24.0 Å². The van der Waals surface area contributed by atoms with E-state index in [1.54, 1.807) is 0 Å². The van der Waals surface area contributed by atoms with Crippen LogP contribution in [0.1, 0.15) is 46.1 Å². The standard InChI is InChI=1S/C26H24N4O5/c31-24(30-11-5-10-22(30)25(32)33)16-12-27-23(28-13-16)14-29-26(34)35-15-21-19-8-3-1-6-17(19)18-7-2-4-9-20(18)21/h1-4,6-9,12-13,21-22H,5,10-11,14-15H2,(H,29,34)(H,32,33)/t22-/m1/s1. The minimum atomic E-state index is -1.01. The van der Waals surface area contributed by atoms with E-state index in [2.05, 4.69) is 39.6 Å². The van der Waals surface area contributed by atoms with Gasteiger partial charge < -0.3 is 20.1 Å². The van der Waals surface area contributed by atoms with Crippen LogP contribution in [0.5, 0.6) is 0 Å². The van der Waals surface area contributed by atoms with E-state index in [9.17, 15) is 19.5 Å². The van der Waals surface area contributed by atoms with Gasteiger partial charge in [0.2, 0.25) is 0 Å². The molecular weight excluding hydrogens is 448 g/mol. The van der Waals surface area contributed by atoms with Crippen LogP contribution in [0, 0.1) is 0 Å². The number of aliphatic carboxylic acids is 1. The van der Waals surface area contributed by atoms with Crippen LogP contribution in [0.25, 0.3) is 11.1 Å². The maximum absolute atomic E-state index is 12.6. The van der Waals surface area contributed by atoms with Crippen LogP contribution in [0.2, 0.25) is 0 Å². The van der Waals surface area contributed by atoms with Gasteiger partial charge in [0, 0.05) is 24.9 Å². The highest BCUT2D eigenvalue weighted by atomic mass is 16.5. The summed E-state index contributed by atoms with van der Waals surface area (Å²) < 4.78 is 5.50. The summed E-state index contributed by atoms with van der Waals surface area (Å²) in [6.07, 6.45) is 3.19. The Bertz CT molecular complexity index is 1230. The molecule has 9 heteroatoms. The number of aromatic nitrogens is 2. The van der Waals surface area contributed by atoms with Crippen molar-refractivity contribution in [2.75, 3.05) is 13.2 Å². The summed E-state index contributed by atoms with van der Waals surface area (Å²) in [5.41, 5.74) is 4.79. The van der Waals surface area contributed by atoms with Crippen LogP contribution in [-0.4, -0.2) is 57.1 Å². The molecule has 1 aromatic heterocycles. The molecule has 1 aliphatic heterocycles. The fraction of sp³-hybridized carbons (Fsp3) is 0.269. The van der Waals surface area contributed by atoms with Crippen molar-refractivity contribution < 1.29 is 24.2 Å². The normalized spacial score (nSPS) is 16.5. The summed E-state index contributed by atoms with van der Waals surface area (Å²) in [6, 6.07) is 15.4. The molecule has 0 spiro atoms. The molecule has 0 unspecified atom stereocenters. The number of rotatable bonds is 6. The average molecular weight is 473 g/mol. The first-order valence-corrected chi connectivity index (χ1v) is 11.5. The van der Waals surface area contributed by atoms with Crippen molar-refractivity contribution in [2.24, 2.45) is 0 Å². The SMILES string of the molecule is O=C(NCc1ncc(C(=O)N2CCC[C@@H]2C(=O)O)cn1)OCC1c2ccccc2-c2ccccc21. The van der Waals surface area contributed by atoms with Gasteiger partial charge in [-0.1, -0.05) is 48.5 Å². The van der Waals surface area contributed by atoms with Gasteiger partial charge in [-0.25, -0.2) is 19.6 Å². The van der Waals surface area contributed by atoms with E-state index in [1.807, 2.05) is 24.3 Å². The molecule has 0 radical (unpaired) electrons. The number of carbonyl (C=O) groups excluding carboxylic acids is 2. The minimum Gasteiger partial charge on any atom is -0.480 e. The van der Waals surface area contributed by atoms with Gasteiger partial charge in [-0.3, -0.25) is 4.79 Å². The molecule has 5 rings (SSSR count). The second-order valence-corrected chi connectivity index (χ2v) is 8.56. The Kier molecular flexibility index (Phi) is 6.13. The number of hydrogen-bond acceptors (Lipinski definition) is 6. The third-order valence-electron chi connectivity index (χ3n) is 6.49. The highest BCUT2D eigenvalue weighted by Gasteiger charge is 2.34. The van der Waals surface area contributed by atoms with Gasteiger partial charge in [0.15, 0.2) is 0 Å². The summed E-state index contributed by atoms with van der Waals surface area (Å²) in [6.45, 7) is 0.627. The third kappa shape index (κ3) is 4.44. The van der Waals surface area contributed by atoms with E-state index >= 15 is 0 Å². The van der Waals surface area contributed by atoms with Crippen molar-refractivity contribution in [2.45, 2.75) is 31.3 Å². The Balaban J connectivity index is 1.16. The molecule has 1 fully saturated rings. The highest BCUT2D eigenvalue weighted by molar-refractivity contribution is 5.96. The molecule has 3 aromatic rings. The first-order chi connectivity index (χ1) is 17.0. The molecule has 35 heavy (non-hydrogen) atoms. The summed E-state index contributed by atoms with van der Waals surface area (Å²) in [5, 5.41) is 11.9. The first kappa shape index (κ1) is 22.5. The number of hydrogen-bond donors (Lipinski definition) is 2. The fourth-order valence-corrected chi connectivity index (χ4v) is 4.79. The zero-order valence-corrected chi connectivity index (χ0v) is 18.9. The Morgan fingerprint density at radius 2 is 1.63 bits per heavy atom. The Hall–Kier alpha value is -4.27. The molecule has 2 heterocycles. The van der Waals surface area contributed by atoms with E-state index in [4.69, 9.17) is 4.74 Å². The molecule has 2 aromatic carbocycles. The lowest BCUT2D eigenvalue weighted by Gasteiger charge is -2.21. The van der Waals surface area contributed by atoms with Crippen molar-refractivity contribution in [1.29, 1.82) is 0 Å². The zero-order chi connectivity index (χ0) is 24.4. The van der Waals surface area contributed by atoms with Crippen LogP contribution in [0.4, 0.5) is 4.79 Å². The third-order valence-corrected chi connectivity index (χ3v) is 6.49. The lowest BCUT2D eigenvalue weighted by molar-refractivity contribution is -0.141. The number of carboxylic acid groups (broad SMARTS) is 1. The predicted octanol–water partition coefficient (Wildman–Crippen LogP) is 3.20. The quantitative estimate of drug-likeness (QED) is 0.565. The van der Waals surface area contributed by atoms with Gasteiger partial charge in [-0.15, -0.1) is 0 Å². The minimum absolute atomic E-state index is 0.0325. The summed E-state index contributed by atoms with van der Waals surface area (Å²) >= 11 is 0. The van der Waals surface area contributed by atoms with Gasteiger partial charge >= 0.3 is 12.1 Å².